The van der Waals surface area contributed by atoms with Crippen LogP contribution in [-0.4, -0.2) is 24.9 Å². The molecule has 0 aliphatic rings. The maximum absolute atomic E-state index is 12.6. The van der Waals surface area contributed by atoms with Crippen molar-refractivity contribution in [3.8, 4) is 0 Å². The Morgan fingerprint density at radius 2 is 1.59 bits per heavy atom. The first-order valence-electron chi connectivity index (χ1n) is 9.04. The number of amides is 1. The summed E-state index contributed by atoms with van der Waals surface area (Å²) in [6.45, 7) is 0. The smallest absolute Gasteiger partial charge is 0.269 e. The molecule has 0 aliphatic carbocycles. The van der Waals surface area contributed by atoms with Gasteiger partial charge in [0.05, 0.1) is 4.92 Å². The molecule has 0 bridgehead atoms. The van der Waals surface area contributed by atoms with Crippen molar-refractivity contribution < 1.29 is 9.72 Å². The normalized spacial score (nSPS) is 10.7. The van der Waals surface area contributed by atoms with Crippen molar-refractivity contribution >= 4 is 35.1 Å². The predicted molar refractivity (Wildman–Crippen MR) is 117 cm³/mol. The van der Waals surface area contributed by atoms with Crippen LogP contribution in [0.5, 0.6) is 0 Å². The summed E-state index contributed by atoms with van der Waals surface area (Å²) in [5.41, 5.74) is 4.09. The van der Waals surface area contributed by atoms with Crippen LogP contribution in [-0.2, 0) is 0 Å². The van der Waals surface area contributed by atoms with Crippen LogP contribution in [0.2, 0.25) is 0 Å². The molecule has 146 valence electrons. The number of hydrogen-bond acceptors (Lipinski definition) is 4. The molecule has 0 unspecified atom stereocenters. The molecule has 0 heterocycles. The number of carbonyl (C=O) groups excluding carboxylic acids is 1. The van der Waals surface area contributed by atoms with Crippen molar-refractivity contribution in [3.05, 3.63) is 99.6 Å². The second kappa shape index (κ2) is 8.84. The fourth-order valence-electron chi connectivity index (χ4n) is 2.73. The first kappa shape index (κ1) is 19.8. The van der Waals surface area contributed by atoms with Gasteiger partial charge in [-0.25, -0.2) is 0 Å². The van der Waals surface area contributed by atoms with Crippen LogP contribution in [0, 0.1) is 10.1 Å². The lowest BCUT2D eigenvalue weighted by molar-refractivity contribution is -0.384. The van der Waals surface area contributed by atoms with Crippen LogP contribution in [0.4, 0.5) is 17.1 Å². The molecular weight excluding hydrogens is 366 g/mol. The number of nitrogens with one attached hydrogen (secondary N) is 1. The number of anilines is 2. The number of hydrogen-bond donors (Lipinski definition) is 1. The molecule has 0 fully saturated rings. The maximum atomic E-state index is 12.6. The quantitative estimate of drug-likeness (QED) is 0.363. The molecule has 0 radical (unpaired) electrons. The topological polar surface area (TPSA) is 75.5 Å². The molecule has 6 heteroatoms. The predicted octanol–water partition coefficient (Wildman–Crippen LogP) is 5.08. The molecule has 1 N–H and O–H groups in total. The summed E-state index contributed by atoms with van der Waals surface area (Å²) in [5.74, 6) is -0.187. The van der Waals surface area contributed by atoms with E-state index in [1.807, 2.05) is 67.5 Å². The largest absolute Gasteiger partial charge is 0.378 e. The Morgan fingerprint density at radius 1 is 0.931 bits per heavy atom. The molecule has 0 aliphatic heterocycles. The van der Waals surface area contributed by atoms with E-state index in [-0.39, 0.29) is 11.6 Å². The molecule has 0 saturated heterocycles. The standard InChI is InChI=1S/C23H21N3O3/c1-25(2)21-14-10-20(11-15-21)24-23(27)19-5-3-4-18(16-19)7-6-17-8-12-22(13-9-17)26(28)29/h3-16H,1-2H3,(H,24,27)/b7-6+. The van der Waals surface area contributed by atoms with Gasteiger partial charge in [0.1, 0.15) is 0 Å². The average molecular weight is 387 g/mol. The number of rotatable bonds is 6. The van der Waals surface area contributed by atoms with Crippen LogP contribution >= 0.6 is 0 Å². The SMILES string of the molecule is CN(C)c1ccc(NC(=O)c2cccc(/C=C/c3ccc([N+](=O)[O-])cc3)c2)cc1. The number of benzene rings is 3. The van der Waals surface area contributed by atoms with Gasteiger partial charge in [-0.2, -0.15) is 0 Å². The van der Waals surface area contributed by atoms with Gasteiger partial charge in [-0.05, 0) is 59.7 Å². The number of nitrogens with zero attached hydrogens (tertiary/aromatic N) is 2. The van der Waals surface area contributed by atoms with Gasteiger partial charge in [0.25, 0.3) is 11.6 Å². The molecule has 1 amide bonds. The lowest BCUT2D eigenvalue weighted by Gasteiger charge is -2.13. The van der Waals surface area contributed by atoms with Crippen LogP contribution in [0.3, 0.4) is 0 Å². The van der Waals surface area contributed by atoms with Crippen molar-refractivity contribution in [1.82, 2.24) is 0 Å². The summed E-state index contributed by atoms with van der Waals surface area (Å²) in [4.78, 5) is 24.8. The number of carbonyl (C=O) groups is 1. The minimum Gasteiger partial charge on any atom is -0.378 e. The van der Waals surface area contributed by atoms with Crippen molar-refractivity contribution in [1.29, 1.82) is 0 Å². The van der Waals surface area contributed by atoms with Gasteiger partial charge < -0.3 is 10.2 Å². The van der Waals surface area contributed by atoms with E-state index in [9.17, 15) is 14.9 Å². The van der Waals surface area contributed by atoms with Crippen LogP contribution in [0.1, 0.15) is 21.5 Å². The lowest BCUT2D eigenvalue weighted by Crippen LogP contribution is -2.12. The Bertz CT molecular complexity index is 1040. The van der Waals surface area contributed by atoms with Gasteiger partial charge in [-0.1, -0.05) is 24.3 Å². The first-order valence-corrected chi connectivity index (χ1v) is 9.04. The average Bonchev–Trinajstić information content (AvgIpc) is 2.73. The van der Waals surface area contributed by atoms with Crippen LogP contribution in [0.25, 0.3) is 12.2 Å². The summed E-state index contributed by atoms with van der Waals surface area (Å²) in [5, 5.41) is 13.6. The molecule has 3 rings (SSSR count). The zero-order valence-electron chi connectivity index (χ0n) is 16.2. The fourth-order valence-corrected chi connectivity index (χ4v) is 2.73. The van der Waals surface area contributed by atoms with E-state index in [4.69, 9.17) is 0 Å². The summed E-state index contributed by atoms with van der Waals surface area (Å²) >= 11 is 0. The van der Waals surface area contributed by atoms with E-state index in [0.717, 1.165) is 22.5 Å². The number of non-ortho nitro benzene ring substituents is 1. The molecule has 0 spiro atoms. The highest BCUT2D eigenvalue weighted by atomic mass is 16.6. The Labute approximate surface area is 169 Å². The van der Waals surface area contributed by atoms with Crippen molar-refractivity contribution in [2.45, 2.75) is 0 Å². The Balaban J connectivity index is 1.69. The van der Waals surface area contributed by atoms with Crippen LogP contribution in [0.15, 0.2) is 72.8 Å². The van der Waals surface area contributed by atoms with Gasteiger partial charge in [0.15, 0.2) is 0 Å². The van der Waals surface area contributed by atoms with E-state index in [1.165, 1.54) is 12.1 Å². The van der Waals surface area contributed by atoms with Crippen molar-refractivity contribution in [2.24, 2.45) is 0 Å². The van der Waals surface area contributed by atoms with Gasteiger partial charge in [-0.3, -0.25) is 14.9 Å². The van der Waals surface area contributed by atoms with E-state index in [0.29, 0.717) is 5.56 Å². The Hall–Kier alpha value is -3.93. The highest BCUT2D eigenvalue weighted by molar-refractivity contribution is 6.04. The van der Waals surface area contributed by atoms with Crippen LogP contribution < -0.4 is 10.2 Å². The molecule has 0 aromatic heterocycles. The molecule has 3 aromatic carbocycles. The summed E-state index contributed by atoms with van der Waals surface area (Å²) in [6.07, 6.45) is 3.71. The van der Waals surface area contributed by atoms with E-state index >= 15 is 0 Å². The molecule has 0 saturated carbocycles. The van der Waals surface area contributed by atoms with E-state index < -0.39 is 4.92 Å². The minimum atomic E-state index is -0.427. The zero-order chi connectivity index (χ0) is 20.8. The van der Waals surface area contributed by atoms with Gasteiger partial charge in [0.2, 0.25) is 0 Å². The summed E-state index contributed by atoms with van der Waals surface area (Å²) < 4.78 is 0. The highest BCUT2D eigenvalue weighted by Crippen LogP contribution is 2.18. The third-order valence-corrected chi connectivity index (χ3v) is 4.36. The zero-order valence-corrected chi connectivity index (χ0v) is 16.2. The van der Waals surface area contributed by atoms with E-state index in [1.54, 1.807) is 24.3 Å². The van der Waals surface area contributed by atoms with Crippen molar-refractivity contribution in [2.75, 3.05) is 24.3 Å². The maximum Gasteiger partial charge on any atom is 0.269 e. The third-order valence-electron chi connectivity index (χ3n) is 4.36. The monoisotopic (exact) mass is 387 g/mol. The van der Waals surface area contributed by atoms with Gasteiger partial charge >= 0.3 is 0 Å². The first-order chi connectivity index (χ1) is 13.9. The van der Waals surface area contributed by atoms with E-state index in [2.05, 4.69) is 5.32 Å². The molecular formula is C23H21N3O3. The highest BCUT2D eigenvalue weighted by Gasteiger charge is 2.07. The number of nitro benzene ring substituents is 1. The number of nitro groups is 1. The molecule has 0 atom stereocenters. The second-order valence-corrected chi connectivity index (χ2v) is 6.70. The fraction of sp³-hybridized carbons (Fsp3) is 0.0870. The summed E-state index contributed by atoms with van der Waals surface area (Å²) in [7, 11) is 3.92. The second-order valence-electron chi connectivity index (χ2n) is 6.70. The van der Waals surface area contributed by atoms with Gasteiger partial charge in [0, 0.05) is 43.2 Å². The molecule has 6 nitrogen and oxygen atoms in total. The Kier molecular flexibility index (Phi) is 6.04. The Morgan fingerprint density at radius 3 is 2.21 bits per heavy atom. The van der Waals surface area contributed by atoms with Crippen molar-refractivity contribution in [3.63, 3.8) is 0 Å². The summed E-state index contributed by atoms with van der Waals surface area (Å²) in [6, 6.07) is 21.2. The third kappa shape index (κ3) is 5.29. The minimum absolute atomic E-state index is 0.0550. The molecule has 29 heavy (non-hydrogen) atoms. The van der Waals surface area contributed by atoms with Gasteiger partial charge in [-0.15, -0.1) is 0 Å². The lowest BCUT2D eigenvalue weighted by atomic mass is 10.1. The molecule has 3 aromatic rings.